The van der Waals surface area contributed by atoms with Crippen LogP contribution in [-0.2, 0) is 24.3 Å². The fourth-order valence-electron chi connectivity index (χ4n) is 2.83. The van der Waals surface area contributed by atoms with Gasteiger partial charge in [-0.25, -0.2) is 12.7 Å². The Morgan fingerprint density at radius 1 is 1.40 bits per heavy atom. The average Bonchev–Trinajstić information content (AvgIpc) is 3.15. The fraction of sp³-hybridized carbons (Fsp3) is 0.625. The summed E-state index contributed by atoms with van der Waals surface area (Å²) in [5.41, 5.74) is 0. The molecule has 1 aromatic heterocycles. The minimum absolute atomic E-state index is 0.0729. The summed E-state index contributed by atoms with van der Waals surface area (Å²) in [6, 6.07) is 3.32. The van der Waals surface area contributed by atoms with Crippen LogP contribution in [0, 0.1) is 5.92 Å². The molecule has 140 valence electrons. The van der Waals surface area contributed by atoms with E-state index in [1.807, 2.05) is 17.5 Å². The zero-order valence-electron chi connectivity index (χ0n) is 14.4. The fourth-order valence-corrected chi connectivity index (χ4v) is 4.74. The summed E-state index contributed by atoms with van der Waals surface area (Å²) in [5, 5.41) is 4.81. The van der Waals surface area contributed by atoms with E-state index in [-0.39, 0.29) is 30.0 Å². The summed E-state index contributed by atoms with van der Waals surface area (Å²) in [6.45, 7) is 2.33. The summed E-state index contributed by atoms with van der Waals surface area (Å²) >= 11 is 1.47. The number of hydrogen-bond acceptors (Lipinski definition) is 6. The molecule has 0 radical (unpaired) electrons. The second-order valence-corrected chi connectivity index (χ2v) is 9.17. The molecule has 0 unspecified atom stereocenters. The number of methoxy groups -OCH3 is 1. The van der Waals surface area contributed by atoms with Gasteiger partial charge >= 0.3 is 5.97 Å². The molecule has 1 N–H and O–H groups in total. The lowest BCUT2D eigenvalue weighted by molar-refractivity contribution is -0.141. The maximum Gasteiger partial charge on any atom is 0.307 e. The zero-order chi connectivity index (χ0) is 18.4. The average molecular weight is 389 g/mol. The third-order valence-corrected chi connectivity index (χ3v) is 7.25. The van der Waals surface area contributed by atoms with Crippen LogP contribution < -0.4 is 5.32 Å². The minimum atomic E-state index is -3.21. The second-order valence-electron chi connectivity index (χ2n) is 5.93. The van der Waals surface area contributed by atoms with E-state index in [4.69, 9.17) is 4.74 Å². The molecule has 1 fully saturated rings. The molecule has 1 aromatic rings. The molecular formula is C16H24N2O5S2. The molecule has 25 heavy (non-hydrogen) atoms. The largest absolute Gasteiger partial charge is 0.469 e. The SMILES string of the molecule is CCS(=O)(=O)N1CCC(C(=O)N[C@@H](CC(=O)OC)c2cccs2)CC1. The third-order valence-electron chi connectivity index (χ3n) is 4.38. The van der Waals surface area contributed by atoms with E-state index in [0.717, 1.165) is 4.88 Å². The van der Waals surface area contributed by atoms with E-state index in [0.29, 0.717) is 25.9 Å². The number of ether oxygens (including phenoxy) is 1. The first-order chi connectivity index (χ1) is 11.9. The molecule has 7 nitrogen and oxygen atoms in total. The molecule has 1 amide bonds. The lowest BCUT2D eigenvalue weighted by atomic mass is 9.96. The summed E-state index contributed by atoms with van der Waals surface area (Å²) in [7, 11) is -1.89. The first kappa shape index (κ1) is 19.9. The van der Waals surface area contributed by atoms with E-state index in [1.165, 1.54) is 22.8 Å². The Labute approximate surface area is 152 Å². The molecule has 0 saturated carbocycles. The summed E-state index contributed by atoms with van der Waals surface area (Å²) in [4.78, 5) is 25.1. The van der Waals surface area contributed by atoms with Crippen LogP contribution in [0.25, 0.3) is 0 Å². The van der Waals surface area contributed by atoms with Crippen molar-refractivity contribution in [2.24, 2.45) is 5.92 Å². The number of esters is 1. The molecule has 1 aliphatic rings. The van der Waals surface area contributed by atoms with E-state index in [2.05, 4.69) is 5.32 Å². The number of piperidine rings is 1. The quantitative estimate of drug-likeness (QED) is 0.715. The molecular weight excluding hydrogens is 364 g/mol. The van der Waals surface area contributed by atoms with E-state index in [1.54, 1.807) is 6.92 Å². The van der Waals surface area contributed by atoms with Gasteiger partial charge < -0.3 is 10.1 Å². The van der Waals surface area contributed by atoms with Crippen LogP contribution in [0.15, 0.2) is 17.5 Å². The maximum absolute atomic E-state index is 12.6. The predicted molar refractivity (Wildman–Crippen MR) is 95.6 cm³/mol. The highest BCUT2D eigenvalue weighted by atomic mass is 32.2. The van der Waals surface area contributed by atoms with Crippen LogP contribution in [0.4, 0.5) is 0 Å². The van der Waals surface area contributed by atoms with Crippen molar-refractivity contribution in [1.29, 1.82) is 0 Å². The van der Waals surface area contributed by atoms with Crippen LogP contribution in [0.5, 0.6) is 0 Å². The van der Waals surface area contributed by atoms with Crippen molar-refractivity contribution in [3.63, 3.8) is 0 Å². The van der Waals surface area contributed by atoms with Crippen LogP contribution in [0.3, 0.4) is 0 Å². The lowest BCUT2D eigenvalue weighted by Gasteiger charge is -2.31. The van der Waals surface area contributed by atoms with Gasteiger partial charge in [-0.05, 0) is 31.2 Å². The molecule has 0 aliphatic carbocycles. The van der Waals surface area contributed by atoms with Crippen molar-refractivity contribution < 1.29 is 22.7 Å². The summed E-state index contributed by atoms with van der Waals surface area (Å²) < 4.78 is 29.9. The predicted octanol–water partition coefficient (Wildman–Crippen LogP) is 1.53. The maximum atomic E-state index is 12.6. The van der Waals surface area contributed by atoms with Crippen molar-refractivity contribution in [2.75, 3.05) is 26.0 Å². The Morgan fingerprint density at radius 3 is 2.60 bits per heavy atom. The normalized spacial score (nSPS) is 17.8. The summed E-state index contributed by atoms with van der Waals surface area (Å²) in [5.74, 6) is -0.703. The number of sulfonamides is 1. The van der Waals surface area contributed by atoms with Gasteiger partial charge in [-0.1, -0.05) is 6.07 Å². The van der Waals surface area contributed by atoms with Crippen LogP contribution in [0.2, 0.25) is 0 Å². The molecule has 9 heteroatoms. The van der Waals surface area contributed by atoms with Gasteiger partial charge in [-0.15, -0.1) is 11.3 Å². The van der Waals surface area contributed by atoms with Crippen molar-refractivity contribution >= 4 is 33.2 Å². The molecule has 2 rings (SSSR count). The van der Waals surface area contributed by atoms with Gasteiger partial charge in [0, 0.05) is 23.9 Å². The van der Waals surface area contributed by atoms with Gasteiger partial charge in [0.2, 0.25) is 15.9 Å². The molecule has 1 aliphatic heterocycles. The van der Waals surface area contributed by atoms with E-state index in [9.17, 15) is 18.0 Å². The number of carbonyl (C=O) groups is 2. The molecule has 1 saturated heterocycles. The van der Waals surface area contributed by atoms with Gasteiger partial charge in [0.05, 0.1) is 25.3 Å². The number of thiophene rings is 1. The van der Waals surface area contributed by atoms with Crippen molar-refractivity contribution in [3.8, 4) is 0 Å². The monoisotopic (exact) mass is 388 g/mol. The highest BCUT2D eigenvalue weighted by Crippen LogP contribution is 2.25. The van der Waals surface area contributed by atoms with Crippen LogP contribution >= 0.6 is 11.3 Å². The van der Waals surface area contributed by atoms with E-state index < -0.39 is 16.1 Å². The smallest absolute Gasteiger partial charge is 0.307 e. The topological polar surface area (TPSA) is 92.8 Å². The molecule has 0 spiro atoms. The van der Waals surface area contributed by atoms with E-state index >= 15 is 0 Å². The number of nitrogens with zero attached hydrogens (tertiary/aromatic N) is 1. The first-order valence-corrected chi connectivity index (χ1v) is 10.7. The van der Waals surface area contributed by atoms with Crippen molar-refractivity contribution in [2.45, 2.75) is 32.2 Å². The van der Waals surface area contributed by atoms with Gasteiger partial charge in [-0.3, -0.25) is 9.59 Å². The van der Waals surface area contributed by atoms with Crippen molar-refractivity contribution in [1.82, 2.24) is 9.62 Å². The number of nitrogens with one attached hydrogen (secondary N) is 1. The number of carbonyl (C=O) groups excluding carboxylic acids is 2. The zero-order valence-corrected chi connectivity index (χ0v) is 16.1. The highest BCUT2D eigenvalue weighted by molar-refractivity contribution is 7.89. The van der Waals surface area contributed by atoms with Gasteiger partial charge in [0.25, 0.3) is 0 Å². The standard InChI is InChI=1S/C16H24N2O5S2/c1-3-25(21,22)18-8-6-12(7-9-18)16(20)17-13(11-15(19)23-2)14-5-4-10-24-14/h4-5,10,12-13H,3,6-9,11H2,1-2H3,(H,17,20)/t13-/m0/s1. The first-order valence-electron chi connectivity index (χ1n) is 8.25. The second kappa shape index (κ2) is 8.77. The molecule has 2 heterocycles. The number of hydrogen-bond donors (Lipinski definition) is 1. The van der Waals surface area contributed by atoms with Gasteiger partial charge in [0.15, 0.2) is 0 Å². The van der Waals surface area contributed by atoms with Crippen molar-refractivity contribution in [3.05, 3.63) is 22.4 Å². The highest BCUT2D eigenvalue weighted by Gasteiger charge is 2.31. The summed E-state index contributed by atoms with van der Waals surface area (Å²) in [6.07, 6.45) is 1.05. The lowest BCUT2D eigenvalue weighted by Crippen LogP contribution is -2.44. The molecule has 0 bridgehead atoms. The van der Waals surface area contributed by atoms with Crippen LogP contribution in [0.1, 0.15) is 37.1 Å². The Hall–Kier alpha value is -1.45. The third kappa shape index (κ3) is 5.26. The Balaban J connectivity index is 1.96. The Bertz CT molecular complexity index is 679. The van der Waals surface area contributed by atoms with Gasteiger partial charge in [0.1, 0.15) is 0 Å². The minimum Gasteiger partial charge on any atom is -0.469 e. The molecule has 0 aromatic carbocycles. The Kier molecular flexibility index (Phi) is 6.97. The molecule has 1 atom stereocenters. The van der Waals surface area contributed by atoms with Gasteiger partial charge in [-0.2, -0.15) is 0 Å². The van der Waals surface area contributed by atoms with Crippen LogP contribution in [-0.4, -0.2) is 50.6 Å². The number of rotatable bonds is 7. The Morgan fingerprint density at radius 2 is 2.08 bits per heavy atom. The number of amides is 1.